The highest BCUT2D eigenvalue weighted by Gasteiger charge is 2.21. The van der Waals surface area contributed by atoms with Gasteiger partial charge in [-0.25, -0.2) is 4.98 Å². The van der Waals surface area contributed by atoms with E-state index in [1.807, 2.05) is 50.2 Å². The number of pyridine rings is 1. The fraction of sp³-hybridized carbons (Fsp3) is 0.235. The first kappa shape index (κ1) is 14.3. The van der Waals surface area contributed by atoms with Crippen molar-refractivity contribution in [1.82, 2.24) is 15.0 Å². The molecule has 0 saturated carbocycles. The fourth-order valence-corrected chi connectivity index (χ4v) is 2.37. The maximum Gasteiger partial charge on any atom is 0.259 e. The van der Waals surface area contributed by atoms with Crippen molar-refractivity contribution in [2.24, 2.45) is 0 Å². The summed E-state index contributed by atoms with van der Waals surface area (Å²) in [5, 5.41) is 4.64. The average molecular weight is 295 g/mol. The van der Waals surface area contributed by atoms with E-state index in [4.69, 9.17) is 4.52 Å². The Morgan fingerprint density at radius 2 is 2.00 bits per heavy atom. The number of hydrogen-bond donors (Lipinski definition) is 0. The van der Waals surface area contributed by atoms with Crippen molar-refractivity contribution in [3.8, 4) is 11.3 Å². The number of carbonyl (C=O) groups is 1. The number of carbonyl (C=O) groups excluding carboxylic acids is 1. The van der Waals surface area contributed by atoms with E-state index >= 15 is 0 Å². The maximum atomic E-state index is 12.7. The van der Waals surface area contributed by atoms with E-state index in [2.05, 4.69) is 10.1 Å². The molecule has 3 aromatic rings. The molecule has 2 heterocycles. The predicted molar refractivity (Wildman–Crippen MR) is 84.6 cm³/mol. The lowest BCUT2D eigenvalue weighted by atomic mass is 10.0. The van der Waals surface area contributed by atoms with Crippen LogP contribution >= 0.6 is 0 Å². The normalized spacial score (nSPS) is 10.9. The Balaban J connectivity index is 2.24. The standard InChI is InChI=1S/C17H17N3O2/c1-4-20(3)17(21)13-10-14(12-8-6-5-7-9-12)18-16-15(13)11(2)19-22-16/h5-10H,4H2,1-3H3. The molecule has 0 fully saturated rings. The molecule has 0 spiro atoms. The highest BCUT2D eigenvalue weighted by atomic mass is 16.5. The van der Waals surface area contributed by atoms with Crippen LogP contribution in [0.15, 0.2) is 40.9 Å². The van der Waals surface area contributed by atoms with Gasteiger partial charge in [-0.05, 0) is 19.9 Å². The zero-order chi connectivity index (χ0) is 15.7. The molecule has 0 aliphatic heterocycles. The average Bonchev–Trinajstić information content (AvgIpc) is 2.94. The smallest absolute Gasteiger partial charge is 0.259 e. The lowest BCUT2D eigenvalue weighted by molar-refractivity contribution is 0.0804. The summed E-state index contributed by atoms with van der Waals surface area (Å²) in [6.45, 7) is 4.39. The van der Waals surface area contributed by atoms with Crippen LogP contribution in [0.1, 0.15) is 23.0 Å². The Morgan fingerprint density at radius 1 is 1.27 bits per heavy atom. The summed E-state index contributed by atoms with van der Waals surface area (Å²) in [5.41, 5.74) is 3.29. The molecule has 0 N–H and O–H groups in total. The van der Waals surface area contributed by atoms with Gasteiger partial charge in [0.25, 0.3) is 11.6 Å². The highest BCUT2D eigenvalue weighted by molar-refractivity contribution is 6.06. The van der Waals surface area contributed by atoms with Crippen LogP contribution in [-0.2, 0) is 0 Å². The van der Waals surface area contributed by atoms with E-state index in [-0.39, 0.29) is 5.91 Å². The Hall–Kier alpha value is -2.69. The SMILES string of the molecule is CCN(C)C(=O)c1cc(-c2ccccc2)nc2onc(C)c12. The summed E-state index contributed by atoms with van der Waals surface area (Å²) in [4.78, 5) is 18.8. The second-order valence-corrected chi connectivity index (χ2v) is 5.19. The minimum Gasteiger partial charge on any atom is -0.342 e. The third-order valence-corrected chi connectivity index (χ3v) is 3.74. The van der Waals surface area contributed by atoms with Crippen LogP contribution in [0.25, 0.3) is 22.4 Å². The number of nitrogens with zero attached hydrogens (tertiary/aromatic N) is 3. The molecule has 0 aliphatic rings. The van der Waals surface area contributed by atoms with Crippen LogP contribution < -0.4 is 0 Å². The number of rotatable bonds is 3. The zero-order valence-electron chi connectivity index (χ0n) is 12.8. The summed E-state index contributed by atoms with van der Waals surface area (Å²) in [6, 6.07) is 11.5. The molecule has 5 heteroatoms. The topological polar surface area (TPSA) is 59.2 Å². The van der Waals surface area contributed by atoms with Gasteiger partial charge < -0.3 is 9.42 Å². The summed E-state index contributed by atoms with van der Waals surface area (Å²) >= 11 is 0. The van der Waals surface area contributed by atoms with E-state index in [1.165, 1.54) is 0 Å². The maximum absolute atomic E-state index is 12.7. The molecule has 0 bridgehead atoms. The minimum absolute atomic E-state index is 0.0571. The van der Waals surface area contributed by atoms with Crippen molar-refractivity contribution in [2.45, 2.75) is 13.8 Å². The lowest BCUT2D eigenvalue weighted by Gasteiger charge is -2.15. The van der Waals surface area contributed by atoms with Crippen molar-refractivity contribution >= 4 is 17.0 Å². The van der Waals surface area contributed by atoms with Crippen LogP contribution in [0, 0.1) is 6.92 Å². The van der Waals surface area contributed by atoms with Gasteiger partial charge in [0.05, 0.1) is 22.3 Å². The Kier molecular flexibility index (Phi) is 3.63. The summed E-state index contributed by atoms with van der Waals surface area (Å²) in [6.07, 6.45) is 0. The number of fused-ring (bicyclic) bond motifs is 1. The van der Waals surface area contributed by atoms with Crippen molar-refractivity contribution in [3.63, 3.8) is 0 Å². The van der Waals surface area contributed by atoms with Crippen LogP contribution in [0.5, 0.6) is 0 Å². The Bertz CT molecular complexity index is 825. The van der Waals surface area contributed by atoms with E-state index in [9.17, 15) is 4.79 Å². The first-order valence-corrected chi connectivity index (χ1v) is 7.19. The molecule has 1 aromatic carbocycles. The first-order chi connectivity index (χ1) is 10.6. The molecule has 22 heavy (non-hydrogen) atoms. The molecule has 3 rings (SSSR count). The van der Waals surface area contributed by atoms with Crippen molar-refractivity contribution in [3.05, 3.63) is 47.7 Å². The first-order valence-electron chi connectivity index (χ1n) is 7.19. The third kappa shape index (κ3) is 2.35. The predicted octanol–water partition coefficient (Wildman–Crippen LogP) is 3.29. The molecule has 1 amide bonds. The number of benzene rings is 1. The monoisotopic (exact) mass is 295 g/mol. The Labute approximate surface area is 128 Å². The summed E-state index contributed by atoms with van der Waals surface area (Å²) in [5.74, 6) is -0.0571. The van der Waals surface area contributed by atoms with E-state index in [0.29, 0.717) is 34.6 Å². The number of aromatic nitrogens is 2. The molecule has 0 radical (unpaired) electrons. The molecule has 5 nitrogen and oxygen atoms in total. The van der Waals surface area contributed by atoms with Crippen molar-refractivity contribution in [1.29, 1.82) is 0 Å². The van der Waals surface area contributed by atoms with Gasteiger partial charge in [-0.2, -0.15) is 0 Å². The van der Waals surface area contributed by atoms with Crippen LogP contribution in [0.4, 0.5) is 0 Å². The van der Waals surface area contributed by atoms with E-state index in [0.717, 1.165) is 5.56 Å². The third-order valence-electron chi connectivity index (χ3n) is 3.74. The van der Waals surface area contributed by atoms with Gasteiger partial charge in [-0.3, -0.25) is 4.79 Å². The fourth-order valence-electron chi connectivity index (χ4n) is 2.37. The highest BCUT2D eigenvalue weighted by Crippen LogP contribution is 2.27. The molecule has 0 unspecified atom stereocenters. The van der Waals surface area contributed by atoms with Gasteiger partial charge in [0, 0.05) is 19.2 Å². The molecular formula is C17H17N3O2. The second-order valence-electron chi connectivity index (χ2n) is 5.19. The van der Waals surface area contributed by atoms with Crippen LogP contribution in [0.2, 0.25) is 0 Å². The summed E-state index contributed by atoms with van der Waals surface area (Å²) < 4.78 is 5.28. The molecule has 0 saturated heterocycles. The number of amides is 1. The van der Waals surface area contributed by atoms with Gasteiger partial charge in [-0.15, -0.1) is 0 Å². The Morgan fingerprint density at radius 3 is 2.68 bits per heavy atom. The molecule has 2 aromatic heterocycles. The van der Waals surface area contributed by atoms with Crippen molar-refractivity contribution < 1.29 is 9.32 Å². The number of aryl methyl sites for hydroxylation is 1. The summed E-state index contributed by atoms with van der Waals surface area (Å²) in [7, 11) is 1.78. The molecular weight excluding hydrogens is 278 g/mol. The lowest BCUT2D eigenvalue weighted by Crippen LogP contribution is -2.26. The quantitative estimate of drug-likeness (QED) is 0.744. The largest absolute Gasteiger partial charge is 0.342 e. The van der Waals surface area contributed by atoms with Gasteiger partial charge in [0.15, 0.2) is 0 Å². The van der Waals surface area contributed by atoms with Crippen LogP contribution in [-0.4, -0.2) is 34.5 Å². The molecule has 0 atom stereocenters. The van der Waals surface area contributed by atoms with Gasteiger partial charge in [-0.1, -0.05) is 35.5 Å². The molecule has 0 aliphatic carbocycles. The van der Waals surface area contributed by atoms with Gasteiger partial charge in [0.2, 0.25) is 0 Å². The van der Waals surface area contributed by atoms with Crippen molar-refractivity contribution in [2.75, 3.05) is 13.6 Å². The van der Waals surface area contributed by atoms with Crippen LogP contribution in [0.3, 0.4) is 0 Å². The zero-order valence-corrected chi connectivity index (χ0v) is 12.8. The second kappa shape index (κ2) is 5.60. The minimum atomic E-state index is -0.0571. The van der Waals surface area contributed by atoms with Gasteiger partial charge in [0.1, 0.15) is 0 Å². The van der Waals surface area contributed by atoms with E-state index < -0.39 is 0 Å². The molecule has 112 valence electrons. The number of hydrogen-bond acceptors (Lipinski definition) is 4. The van der Waals surface area contributed by atoms with E-state index in [1.54, 1.807) is 11.9 Å². The van der Waals surface area contributed by atoms with Gasteiger partial charge >= 0.3 is 0 Å².